The molecule has 3 unspecified atom stereocenters. The lowest BCUT2D eigenvalue weighted by Gasteiger charge is -2.26. The Kier molecular flexibility index (Phi) is 2.38. The average molecular weight is 148 g/mol. The Morgan fingerprint density at radius 1 is 1.22 bits per heavy atom. The lowest BCUT2D eigenvalue weighted by molar-refractivity contribution is 0.0454. The first kappa shape index (κ1) is 7.38. The third kappa shape index (κ3) is 1.85. The van der Waals surface area contributed by atoms with Gasteiger partial charge in [0.25, 0.3) is 0 Å². The van der Waals surface area contributed by atoms with Crippen LogP contribution in [-0.2, 0) is 0 Å². The van der Waals surface area contributed by atoms with Crippen molar-refractivity contribution in [3.63, 3.8) is 0 Å². The summed E-state index contributed by atoms with van der Waals surface area (Å²) in [5, 5.41) is 18.2. The minimum atomic E-state index is -0.405. The normalized spacial score (nSPS) is 45.0. The molecule has 1 aliphatic carbocycles. The number of aliphatic hydroxyl groups excluding tert-OH is 2. The van der Waals surface area contributed by atoms with E-state index in [1.807, 2.05) is 0 Å². The summed E-state index contributed by atoms with van der Waals surface area (Å²) in [6, 6.07) is 0. The van der Waals surface area contributed by atoms with Crippen LogP contribution in [0.5, 0.6) is 0 Å². The fraction of sp³-hybridized carbons (Fsp3) is 1.00. The van der Waals surface area contributed by atoms with E-state index >= 15 is 0 Å². The lowest BCUT2D eigenvalue weighted by Crippen LogP contribution is -2.32. The van der Waals surface area contributed by atoms with Gasteiger partial charge >= 0.3 is 0 Å². The van der Waals surface area contributed by atoms with Gasteiger partial charge in [0.1, 0.15) is 0 Å². The van der Waals surface area contributed by atoms with Crippen molar-refractivity contribution in [1.29, 1.82) is 0 Å². The number of aliphatic hydroxyl groups is 2. The maximum atomic E-state index is 9.11. The highest BCUT2D eigenvalue weighted by atomic mass is 32.1. The van der Waals surface area contributed by atoms with Gasteiger partial charge in [-0.3, -0.25) is 0 Å². The standard InChI is InChI=1S/C6H12O2S/c7-4-1-2-6(9)5(8)3-4/h4-9H,1-3H2. The Morgan fingerprint density at radius 3 is 2.33 bits per heavy atom. The van der Waals surface area contributed by atoms with E-state index in [4.69, 9.17) is 10.2 Å². The van der Waals surface area contributed by atoms with Crippen molar-refractivity contribution in [3.05, 3.63) is 0 Å². The number of hydrogen-bond donors (Lipinski definition) is 3. The van der Waals surface area contributed by atoms with E-state index in [0.717, 1.165) is 12.8 Å². The molecule has 0 aromatic carbocycles. The quantitative estimate of drug-likeness (QED) is 0.429. The molecule has 1 saturated carbocycles. The molecule has 0 saturated heterocycles. The Hall–Kier alpha value is 0.270. The first-order valence-electron chi connectivity index (χ1n) is 3.24. The van der Waals surface area contributed by atoms with Gasteiger partial charge in [0.15, 0.2) is 0 Å². The molecule has 0 amide bonds. The molecule has 9 heavy (non-hydrogen) atoms. The van der Waals surface area contributed by atoms with Crippen molar-refractivity contribution < 1.29 is 10.2 Å². The van der Waals surface area contributed by atoms with E-state index in [0.29, 0.717) is 6.42 Å². The zero-order valence-corrected chi connectivity index (χ0v) is 6.09. The maximum Gasteiger partial charge on any atom is 0.0680 e. The van der Waals surface area contributed by atoms with E-state index in [9.17, 15) is 0 Å². The molecule has 0 aliphatic heterocycles. The Morgan fingerprint density at radius 2 is 1.89 bits per heavy atom. The molecule has 0 aromatic rings. The molecule has 1 rings (SSSR count). The van der Waals surface area contributed by atoms with Gasteiger partial charge in [0.05, 0.1) is 12.2 Å². The van der Waals surface area contributed by atoms with E-state index in [1.165, 1.54) is 0 Å². The van der Waals surface area contributed by atoms with Crippen molar-refractivity contribution >= 4 is 12.6 Å². The molecule has 1 aliphatic rings. The summed E-state index contributed by atoms with van der Waals surface area (Å²) < 4.78 is 0. The zero-order valence-electron chi connectivity index (χ0n) is 5.20. The summed E-state index contributed by atoms with van der Waals surface area (Å²) >= 11 is 4.14. The van der Waals surface area contributed by atoms with Crippen molar-refractivity contribution in [2.45, 2.75) is 36.7 Å². The SMILES string of the molecule is OC1CCC(S)C(O)C1. The highest BCUT2D eigenvalue weighted by Gasteiger charge is 2.24. The van der Waals surface area contributed by atoms with Gasteiger partial charge in [-0.2, -0.15) is 12.6 Å². The van der Waals surface area contributed by atoms with E-state index in [2.05, 4.69) is 12.6 Å². The second-order valence-electron chi connectivity index (χ2n) is 2.60. The summed E-state index contributed by atoms with van der Waals surface area (Å²) in [5.74, 6) is 0. The van der Waals surface area contributed by atoms with Gasteiger partial charge in [-0.1, -0.05) is 0 Å². The Balaban J connectivity index is 2.35. The van der Waals surface area contributed by atoms with E-state index < -0.39 is 6.10 Å². The maximum absolute atomic E-state index is 9.11. The molecule has 54 valence electrons. The zero-order chi connectivity index (χ0) is 6.85. The minimum Gasteiger partial charge on any atom is -0.393 e. The molecule has 1 fully saturated rings. The smallest absolute Gasteiger partial charge is 0.0680 e. The molecule has 0 heterocycles. The van der Waals surface area contributed by atoms with E-state index in [1.54, 1.807) is 0 Å². The molecule has 0 bridgehead atoms. The van der Waals surface area contributed by atoms with Gasteiger partial charge in [-0.25, -0.2) is 0 Å². The van der Waals surface area contributed by atoms with Crippen LogP contribution < -0.4 is 0 Å². The fourth-order valence-corrected chi connectivity index (χ4v) is 1.38. The van der Waals surface area contributed by atoms with Gasteiger partial charge < -0.3 is 10.2 Å². The molecular weight excluding hydrogens is 136 g/mol. The summed E-state index contributed by atoms with van der Waals surface area (Å²) in [6.45, 7) is 0. The highest BCUT2D eigenvalue weighted by Crippen LogP contribution is 2.22. The number of hydrogen-bond acceptors (Lipinski definition) is 3. The van der Waals surface area contributed by atoms with Gasteiger partial charge in [0.2, 0.25) is 0 Å². The molecule has 3 heteroatoms. The first-order chi connectivity index (χ1) is 4.20. The largest absolute Gasteiger partial charge is 0.393 e. The molecule has 3 atom stereocenters. The van der Waals surface area contributed by atoms with E-state index in [-0.39, 0.29) is 11.4 Å². The number of rotatable bonds is 0. The van der Waals surface area contributed by atoms with Gasteiger partial charge in [0, 0.05) is 11.7 Å². The van der Waals surface area contributed by atoms with Crippen LogP contribution in [0.2, 0.25) is 0 Å². The number of thiol groups is 1. The molecule has 2 nitrogen and oxygen atoms in total. The third-order valence-electron chi connectivity index (χ3n) is 1.75. The molecule has 0 aromatic heterocycles. The van der Waals surface area contributed by atoms with Gasteiger partial charge in [-0.05, 0) is 12.8 Å². The topological polar surface area (TPSA) is 40.5 Å². The van der Waals surface area contributed by atoms with Crippen LogP contribution in [0, 0.1) is 0 Å². The summed E-state index contributed by atoms with van der Waals surface area (Å²) in [6.07, 6.45) is 1.39. The van der Waals surface area contributed by atoms with Crippen molar-refractivity contribution in [3.8, 4) is 0 Å². The molecular formula is C6H12O2S. The monoisotopic (exact) mass is 148 g/mol. The van der Waals surface area contributed by atoms with Crippen LogP contribution >= 0.6 is 12.6 Å². The molecule has 0 spiro atoms. The Labute approximate surface area is 60.3 Å². The average Bonchev–Trinajstić information content (AvgIpc) is 1.80. The minimum absolute atomic E-state index is 0.0772. The highest BCUT2D eigenvalue weighted by molar-refractivity contribution is 7.81. The summed E-state index contributed by atoms with van der Waals surface area (Å²) in [7, 11) is 0. The fourth-order valence-electron chi connectivity index (χ4n) is 1.11. The first-order valence-corrected chi connectivity index (χ1v) is 3.76. The van der Waals surface area contributed by atoms with Crippen LogP contribution in [0.15, 0.2) is 0 Å². The van der Waals surface area contributed by atoms with Crippen LogP contribution in [0.4, 0.5) is 0 Å². The van der Waals surface area contributed by atoms with Gasteiger partial charge in [-0.15, -0.1) is 0 Å². The second-order valence-corrected chi connectivity index (χ2v) is 3.26. The van der Waals surface area contributed by atoms with Crippen molar-refractivity contribution in [2.75, 3.05) is 0 Å². The predicted molar refractivity (Wildman–Crippen MR) is 38.6 cm³/mol. The van der Waals surface area contributed by atoms with Crippen LogP contribution in [0.3, 0.4) is 0 Å². The van der Waals surface area contributed by atoms with Crippen molar-refractivity contribution in [1.82, 2.24) is 0 Å². The second kappa shape index (κ2) is 2.90. The molecule has 2 N–H and O–H groups in total. The van der Waals surface area contributed by atoms with Crippen LogP contribution in [0.25, 0.3) is 0 Å². The third-order valence-corrected chi connectivity index (χ3v) is 2.36. The van der Waals surface area contributed by atoms with Crippen LogP contribution in [0.1, 0.15) is 19.3 Å². The summed E-state index contributed by atoms with van der Waals surface area (Å²) in [4.78, 5) is 0. The lowest BCUT2D eigenvalue weighted by atomic mass is 9.95. The summed E-state index contributed by atoms with van der Waals surface area (Å²) in [5.41, 5.74) is 0. The predicted octanol–water partition coefficient (Wildman–Crippen LogP) is 0.191. The van der Waals surface area contributed by atoms with Crippen molar-refractivity contribution in [2.24, 2.45) is 0 Å². The molecule has 0 radical (unpaired) electrons. The van der Waals surface area contributed by atoms with Crippen LogP contribution in [-0.4, -0.2) is 27.7 Å². The Bertz CT molecular complexity index is 97.1.